The Balaban J connectivity index is 1.24. The highest BCUT2D eigenvalue weighted by atomic mass is 19.1. The van der Waals surface area contributed by atoms with Gasteiger partial charge in [-0.1, -0.05) is 29.4 Å². The molecule has 8 nitrogen and oxygen atoms in total. The van der Waals surface area contributed by atoms with Crippen LogP contribution in [0.4, 0.5) is 16.0 Å². The van der Waals surface area contributed by atoms with Crippen molar-refractivity contribution in [3.63, 3.8) is 0 Å². The Labute approximate surface area is 167 Å². The van der Waals surface area contributed by atoms with E-state index in [0.29, 0.717) is 32.3 Å². The van der Waals surface area contributed by atoms with Gasteiger partial charge in [0.1, 0.15) is 18.0 Å². The van der Waals surface area contributed by atoms with Crippen LogP contribution in [0.1, 0.15) is 0 Å². The molecule has 5 rings (SSSR count). The summed E-state index contributed by atoms with van der Waals surface area (Å²) in [5, 5.41) is 15.5. The number of nitrogens with zero attached hydrogens (tertiary/aromatic N) is 5. The normalized spacial score (nSPS) is 22.3. The number of hydrogen-bond donors (Lipinski definition) is 1. The maximum Gasteiger partial charge on any atom is 0.250 e. The molecule has 2 atom stereocenters. The number of benzene rings is 2. The summed E-state index contributed by atoms with van der Waals surface area (Å²) in [5.74, 6) is 0.403. The SMILES string of the molecule is Fc1cccc(NC2CO[C@H]3CN(c4nnnn4-c4ccccc4)C[C@@H]3OC2)c1. The summed E-state index contributed by atoms with van der Waals surface area (Å²) >= 11 is 0. The van der Waals surface area contributed by atoms with E-state index in [-0.39, 0.29) is 24.1 Å². The molecule has 2 saturated heterocycles. The minimum absolute atomic E-state index is 0.0366. The van der Waals surface area contributed by atoms with Crippen LogP contribution in [0.3, 0.4) is 0 Å². The topological polar surface area (TPSA) is 77.3 Å². The summed E-state index contributed by atoms with van der Waals surface area (Å²) in [7, 11) is 0. The lowest BCUT2D eigenvalue weighted by Crippen LogP contribution is -2.31. The van der Waals surface area contributed by atoms with E-state index < -0.39 is 0 Å². The molecule has 0 spiro atoms. The quantitative estimate of drug-likeness (QED) is 0.722. The van der Waals surface area contributed by atoms with E-state index in [1.807, 2.05) is 36.4 Å². The maximum atomic E-state index is 13.4. The third-order valence-corrected chi connectivity index (χ3v) is 5.17. The monoisotopic (exact) mass is 396 g/mol. The van der Waals surface area contributed by atoms with E-state index >= 15 is 0 Å². The Morgan fingerprint density at radius 1 is 0.966 bits per heavy atom. The fraction of sp³-hybridized carbons (Fsp3) is 0.350. The van der Waals surface area contributed by atoms with E-state index in [1.165, 1.54) is 12.1 Å². The van der Waals surface area contributed by atoms with Crippen molar-refractivity contribution in [1.82, 2.24) is 20.2 Å². The Morgan fingerprint density at radius 3 is 2.45 bits per heavy atom. The van der Waals surface area contributed by atoms with Crippen LogP contribution in [0.25, 0.3) is 5.69 Å². The van der Waals surface area contributed by atoms with Crippen LogP contribution in [0.5, 0.6) is 0 Å². The van der Waals surface area contributed by atoms with Gasteiger partial charge in [0, 0.05) is 18.8 Å². The van der Waals surface area contributed by atoms with E-state index in [0.717, 1.165) is 11.4 Å². The molecule has 0 saturated carbocycles. The van der Waals surface area contributed by atoms with Crippen molar-refractivity contribution in [3.8, 4) is 5.69 Å². The molecule has 150 valence electrons. The van der Waals surface area contributed by atoms with Gasteiger partial charge in [0.15, 0.2) is 0 Å². The number of anilines is 2. The van der Waals surface area contributed by atoms with Crippen molar-refractivity contribution >= 4 is 11.6 Å². The fourth-order valence-electron chi connectivity index (χ4n) is 3.77. The number of para-hydroxylation sites is 1. The van der Waals surface area contributed by atoms with E-state index in [1.54, 1.807) is 10.7 Å². The fourth-order valence-corrected chi connectivity index (χ4v) is 3.77. The first-order valence-corrected chi connectivity index (χ1v) is 9.60. The zero-order chi connectivity index (χ0) is 19.6. The molecule has 0 unspecified atom stereocenters. The number of ether oxygens (including phenoxy) is 2. The van der Waals surface area contributed by atoms with Gasteiger partial charge in [0.25, 0.3) is 5.95 Å². The first-order valence-electron chi connectivity index (χ1n) is 9.60. The molecule has 2 aliphatic rings. The van der Waals surface area contributed by atoms with Gasteiger partial charge in [0.2, 0.25) is 0 Å². The number of tetrazole rings is 1. The van der Waals surface area contributed by atoms with Gasteiger partial charge in [-0.3, -0.25) is 0 Å². The highest BCUT2D eigenvalue weighted by Gasteiger charge is 2.39. The van der Waals surface area contributed by atoms with Gasteiger partial charge in [-0.05, 0) is 40.8 Å². The summed E-state index contributed by atoms with van der Waals surface area (Å²) < 4.78 is 27.3. The van der Waals surface area contributed by atoms with Gasteiger partial charge in [0.05, 0.1) is 24.9 Å². The van der Waals surface area contributed by atoms with Crippen molar-refractivity contribution in [2.75, 3.05) is 36.5 Å². The molecule has 0 amide bonds. The average Bonchev–Trinajstić information content (AvgIpc) is 3.34. The lowest BCUT2D eigenvalue weighted by atomic mass is 10.2. The zero-order valence-electron chi connectivity index (χ0n) is 15.7. The second kappa shape index (κ2) is 7.76. The molecule has 2 fully saturated rings. The second-order valence-electron chi connectivity index (χ2n) is 7.23. The predicted molar refractivity (Wildman–Crippen MR) is 105 cm³/mol. The van der Waals surface area contributed by atoms with Gasteiger partial charge in [-0.25, -0.2) is 4.39 Å². The van der Waals surface area contributed by atoms with Crippen molar-refractivity contribution in [1.29, 1.82) is 0 Å². The van der Waals surface area contributed by atoms with E-state index in [2.05, 4.69) is 25.7 Å². The van der Waals surface area contributed by atoms with Crippen molar-refractivity contribution in [3.05, 3.63) is 60.4 Å². The van der Waals surface area contributed by atoms with Crippen LogP contribution >= 0.6 is 0 Å². The minimum Gasteiger partial charge on any atom is -0.378 e. The van der Waals surface area contributed by atoms with Gasteiger partial charge < -0.3 is 19.7 Å². The Hall–Kier alpha value is -3.04. The number of aromatic nitrogens is 4. The van der Waals surface area contributed by atoms with Crippen molar-refractivity contribution < 1.29 is 13.9 Å². The molecule has 3 heterocycles. The molecule has 2 aliphatic heterocycles. The highest BCUT2D eigenvalue weighted by molar-refractivity contribution is 5.44. The zero-order valence-corrected chi connectivity index (χ0v) is 15.7. The second-order valence-corrected chi connectivity index (χ2v) is 7.23. The molecule has 0 bridgehead atoms. The molecule has 0 radical (unpaired) electrons. The lowest BCUT2D eigenvalue weighted by molar-refractivity contribution is -0.00461. The predicted octanol–water partition coefficient (Wildman–Crippen LogP) is 1.89. The molecular weight excluding hydrogens is 375 g/mol. The molecule has 9 heteroatoms. The molecule has 1 N–H and O–H groups in total. The number of rotatable bonds is 4. The largest absolute Gasteiger partial charge is 0.378 e. The summed E-state index contributed by atoms with van der Waals surface area (Å²) in [5.41, 5.74) is 1.62. The summed E-state index contributed by atoms with van der Waals surface area (Å²) in [6.45, 7) is 2.25. The molecule has 3 aromatic rings. The molecule has 1 aromatic heterocycles. The third-order valence-electron chi connectivity index (χ3n) is 5.17. The van der Waals surface area contributed by atoms with Gasteiger partial charge in [-0.15, -0.1) is 0 Å². The number of nitrogens with one attached hydrogen (secondary N) is 1. The number of halogens is 1. The van der Waals surface area contributed by atoms with Crippen LogP contribution in [-0.4, -0.2) is 64.8 Å². The van der Waals surface area contributed by atoms with Crippen molar-refractivity contribution in [2.45, 2.75) is 18.2 Å². The standard InChI is InChI=1S/C20H21FN6O2/c21-14-5-4-6-15(9-14)22-16-12-28-18-10-26(11-19(18)29-13-16)20-23-24-25-27(20)17-7-2-1-3-8-17/h1-9,16,18-19,22H,10-13H2/t18-,19-/m0/s1. The Kier molecular flexibility index (Phi) is 4.82. The van der Waals surface area contributed by atoms with Crippen LogP contribution in [0.2, 0.25) is 0 Å². The van der Waals surface area contributed by atoms with E-state index in [4.69, 9.17) is 9.47 Å². The van der Waals surface area contributed by atoms with Crippen molar-refractivity contribution in [2.24, 2.45) is 0 Å². The summed E-state index contributed by atoms with van der Waals surface area (Å²) in [6.07, 6.45) is -0.148. The third kappa shape index (κ3) is 3.79. The van der Waals surface area contributed by atoms with Crippen LogP contribution in [0.15, 0.2) is 54.6 Å². The first kappa shape index (κ1) is 18.0. The molecule has 0 aliphatic carbocycles. The number of fused-ring (bicyclic) bond motifs is 1. The maximum absolute atomic E-state index is 13.4. The van der Waals surface area contributed by atoms with Gasteiger partial charge in [-0.2, -0.15) is 4.68 Å². The van der Waals surface area contributed by atoms with Crippen LogP contribution in [0, 0.1) is 5.82 Å². The van der Waals surface area contributed by atoms with E-state index in [9.17, 15) is 4.39 Å². The van der Waals surface area contributed by atoms with Crippen LogP contribution < -0.4 is 10.2 Å². The Morgan fingerprint density at radius 2 is 1.72 bits per heavy atom. The smallest absolute Gasteiger partial charge is 0.250 e. The Bertz CT molecular complexity index is 952. The molecule has 29 heavy (non-hydrogen) atoms. The summed E-state index contributed by atoms with van der Waals surface area (Å²) in [4.78, 5) is 2.09. The van der Waals surface area contributed by atoms with Gasteiger partial charge >= 0.3 is 0 Å². The molecule has 2 aromatic carbocycles. The lowest BCUT2D eigenvalue weighted by Gasteiger charge is -2.20. The summed E-state index contributed by atoms with van der Waals surface area (Å²) in [6, 6.07) is 16.2. The average molecular weight is 396 g/mol. The molecular formula is C20H21FN6O2. The minimum atomic E-state index is -0.269. The highest BCUT2D eigenvalue weighted by Crippen LogP contribution is 2.26. The number of hydrogen-bond acceptors (Lipinski definition) is 7. The van der Waals surface area contributed by atoms with Crippen LogP contribution in [-0.2, 0) is 9.47 Å². The first-order chi connectivity index (χ1) is 14.3.